The van der Waals surface area contributed by atoms with Gasteiger partial charge < -0.3 is 19.9 Å². The molecule has 0 radical (unpaired) electrons. The van der Waals surface area contributed by atoms with Crippen LogP contribution in [0.15, 0.2) is 30.3 Å². The Labute approximate surface area is 142 Å². The minimum absolute atomic E-state index is 0.0667. The Balaban J connectivity index is 1.46. The van der Waals surface area contributed by atoms with Gasteiger partial charge in [-0.1, -0.05) is 30.3 Å². The van der Waals surface area contributed by atoms with Crippen LogP contribution in [0.5, 0.6) is 0 Å². The van der Waals surface area contributed by atoms with Crippen LogP contribution in [0.25, 0.3) is 0 Å². The lowest BCUT2D eigenvalue weighted by Crippen LogP contribution is -2.41. The van der Waals surface area contributed by atoms with Gasteiger partial charge in [-0.15, -0.1) is 0 Å². The number of aliphatic hydroxyl groups excluding tert-OH is 1. The number of carbonyl (C=O) groups is 1. The van der Waals surface area contributed by atoms with Crippen molar-refractivity contribution < 1.29 is 19.4 Å². The Morgan fingerprint density at radius 3 is 2.75 bits per heavy atom. The van der Waals surface area contributed by atoms with Gasteiger partial charge in [-0.25, -0.2) is 0 Å². The topological polar surface area (TPSA) is 71.0 Å². The predicted molar refractivity (Wildman–Crippen MR) is 89.2 cm³/mol. The summed E-state index contributed by atoms with van der Waals surface area (Å²) >= 11 is 0. The summed E-state index contributed by atoms with van der Waals surface area (Å²) in [7, 11) is 0. The van der Waals surface area contributed by atoms with Crippen LogP contribution in [0.4, 0.5) is 0 Å². The number of hydrogen-bond donors (Lipinski definition) is 2. The second-order valence-electron chi connectivity index (χ2n) is 6.49. The number of β-amino-alcohol motifs (C(OH)–C–C–N with tert-alkyl or cyclic N) is 1. The lowest BCUT2D eigenvalue weighted by Gasteiger charge is -2.25. The largest absolute Gasteiger partial charge is 0.392 e. The number of ether oxygens (including phenoxy) is 2. The van der Waals surface area contributed by atoms with E-state index in [0.717, 1.165) is 13.0 Å². The third kappa shape index (κ3) is 5.01. The minimum atomic E-state index is -0.423. The molecule has 0 saturated carbocycles. The first-order valence-corrected chi connectivity index (χ1v) is 8.66. The molecule has 0 bridgehead atoms. The van der Waals surface area contributed by atoms with Crippen molar-refractivity contribution in [1.29, 1.82) is 0 Å². The van der Waals surface area contributed by atoms with Gasteiger partial charge >= 0.3 is 0 Å². The SMILES string of the molecule is O=C(CC1OCCCO1)NC[C@H]1C[C@H](O)CN1Cc1ccccc1. The summed E-state index contributed by atoms with van der Waals surface area (Å²) in [5, 5.41) is 12.9. The molecule has 2 heterocycles. The van der Waals surface area contributed by atoms with Gasteiger partial charge in [-0.3, -0.25) is 9.69 Å². The van der Waals surface area contributed by atoms with Crippen molar-refractivity contribution in [1.82, 2.24) is 10.2 Å². The molecule has 2 fully saturated rings. The zero-order chi connectivity index (χ0) is 16.8. The fourth-order valence-corrected chi connectivity index (χ4v) is 3.29. The summed E-state index contributed by atoms with van der Waals surface area (Å²) in [6.45, 7) is 3.27. The number of benzene rings is 1. The van der Waals surface area contributed by atoms with Crippen LogP contribution in [0, 0.1) is 0 Å². The Kier molecular flexibility index (Phi) is 6.20. The average Bonchev–Trinajstić information content (AvgIpc) is 2.94. The van der Waals surface area contributed by atoms with Gasteiger partial charge in [0, 0.05) is 25.7 Å². The Morgan fingerprint density at radius 2 is 2.00 bits per heavy atom. The summed E-state index contributed by atoms with van der Waals surface area (Å²) in [5.41, 5.74) is 1.21. The third-order valence-electron chi connectivity index (χ3n) is 4.52. The normalized spacial score (nSPS) is 25.7. The number of aliphatic hydroxyl groups is 1. The lowest BCUT2D eigenvalue weighted by atomic mass is 10.1. The molecule has 0 aliphatic carbocycles. The molecule has 1 aromatic rings. The summed E-state index contributed by atoms with van der Waals surface area (Å²) in [4.78, 5) is 14.3. The van der Waals surface area contributed by atoms with E-state index in [9.17, 15) is 9.90 Å². The van der Waals surface area contributed by atoms with Crippen LogP contribution in [0.3, 0.4) is 0 Å². The van der Waals surface area contributed by atoms with Gasteiger partial charge in [-0.05, 0) is 18.4 Å². The monoisotopic (exact) mass is 334 g/mol. The predicted octanol–water partition coefficient (Wildman–Crippen LogP) is 0.891. The van der Waals surface area contributed by atoms with Crippen LogP contribution >= 0.6 is 0 Å². The number of nitrogens with zero attached hydrogens (tertiary/aromatic N) is 1. The molecule has 0 unspecified atom stereocenters. The first-order valence-electron chi connectivity index (χ1n) is 8.66. The smallest absolute Gasteiger partial charge is 0.225 e. The summed E-state index contributed by atoms with van der Waals surface area (Å²) in [6, 6.07) is 10.3. The highest BCUT2D eigenvalue weighted by atomic mass is 16.7. The van der Waals surface area contributed by atoms with Crippen molar-refractivity contribution in [3.63, 3.8) is 0 Å². The lowest BCUT2D eigenvalue weighted by molar-refractivity contribution is -0.183. The van der Waals surface area contributed by atoms with E-state index in [4.69, 9.17) is 9.47 Å². The van der Waals surface area contributed by atoms with E-state index < -0.39 is 6.29 Å². The maximum absolute atomic E-state index is 12.1. The van der Waals surface area contributed by atoms with Crippen LogP contribution in [0.1, 0.15) is 24.8 Å². The van der Waals surface area contributed by atoms with E-state index in [1.165, 1.54) is 5.56 Å². The average molecular weight is 334 g/mol. The van der Waals surface area contributed by atoms with Crippen LogP contribution in [0.2, 0.25) is 0 Å². The molecule has 3 rings (SSSR count). The van der Waals surface area contributed by atoms with Crippen LogP contribution in [-0.2, 0) is 20.8 Å². The van der Waals surface area contributed by atoms with E-state index in [-0.39, 0.29) is 24.5 Å². The molecule has 1 amide bonds. The zero-order valence-electron chi connectivity index (χ0n) is 13.9. The molecule has 2 aliphatic heterocycles. The molecular weight excluding hydrogens is 308 g/mol. The summed E-state index contributed by atoms with van der Waals surface area (Å²) in [5.74, 6) is -0.0667. The van der Waals surface area contributed by atoms with Crippen LogP contribution < -0.4 is 5.32 Å². The van der Waals surface area contributed by atoms with Crippen molar-refractivity contribution in [2.75, 3.05) is 26.3 Å². The standard InChI is InChI=1S/C18H26N2O4/c21-16-9-15(20(13-16)12-14-5-2-1-3-6-14)11-19-17(22)10-18-23-7-4-8-24-18/h1-3,5-6,15-16,18,21H,4,7-13H2,(H,19,22)/t15-,16+/m1/s1. The van der Waals surface area contributed by atoms with Gasteiger partial charge in [0.15, 0.2) is 6.29 Å². The molecule has 6 heteroatoms. The number of hydrogen-bond acceptors (Lipinski definition) is 5. The van der Waals surface area contributed by atoms with Crippen molar-refractivity contribution in [3.05, 3.63) is 35.9 Å². The highest BCUT2D eigenvalue weighted by molar-refractivity contribution is 5.76. The molecule has 132 valence electrons. The van der Waals surface area contributed by atoms with E-state index in [1.807, 2.05) is 18.2 Å². The fraction of sp³-hybridized carbons (Fsp3) is 0.611. The summed E-state index contributed by atoms with van der Waals surface area (Å²) < 4.78 is 10.8. The molecule has 2 saturated heterocycles. The second-order valence-corrected chi connectivity index (χ2v) is 6.49. The van der Waals surface area contributed by atoms with E-state index in [0.29, 0.717) is 32.7 Å². The fourth-order valence-electron chi connectivity index (χ4n) is 3.29. The maximum atomic E-state index is 12.1. The van der Waals surface area contributed by atoms with Gasteiger partial charge in [0.25, 0.3) is 0 Å². The second kappa shape index (κ2) is 8.58. The van der Waals surface area contributed by atoms with Crippen molar-refractivity contribution in [3.8, 4) is 0 Å². The van der Waals surface area contributed by atoms with E-state index >= 15 is 0 Å². The van der Waals surface area contributed by atoms with Crippen molar-refractivity contribution in [2.45, 2.75) is 44.2 Å². The molecule has 2 atom stereocenters. The number of nitrogens with one attached hydrogen (secondary N) is 1. The molecular formula is C18H26N2O4. The molecule has 0 aromatic heterocycles. The quantitative estimate of drug-likeness (QED) is 0.808. The van der Waals surface area contributed by atoms with E-state index in [1.54, 1.807) is 0 Å². The van der Waals surface area contributed by atoms with Crippen molar-refractivity contribution >= 4 is 5.91 Å². The van der Waals surface area contributed by atoms with E-state index in [2.05, 4.69) is 22.3 Å². The Bertz CT molecular complexity index is 519. The molecule has 24 heavy (non-hydrogen) atoms. The maximum Gasteiger partial charge on any atom is 0.225 e. The highest BCUT2D eigenvalue weighted by Crippen LogP contribution is 2.20. The van der Waals surface area contributed by atoms with Gasteiger partial charge in [-0.2, -0.15) is 0 Å². The molecule has 2 N–H and O–H groups in total. The van der Waals surface area contributed by atoms with Crippen molar-refractivity contribution in [2.24, 2.45) is 0 Å². The zero-order valence-corrected chi connectivity index (χ0v) is 13.9. The van der Waals surface area contributed by atoms with Gasteiger partial charge in [0.2, 0.25) is 5.91 Å². The first kappa shape index (κ1) is 17.4. The number of likely N-dealkylation sites (tertiary alicyclic amines) is 1. The Hall–Kier alpha value is -1.47. The Morgan fingerprint density at radius 1 is 1.25 bits per heavy atom. The molecule has 0 spiro atoms. The third-order valence-corrected chi connectivity index (χ3v) is 4.52. The number of carbonyl (C=O) groups excluding carboxylic acids is 1. The first-order chi connectivity index (χ1) is 11.7. The molecule has 2 aliphatic rings. The summed E-state index contributed by atoms with van der Waals surface area (Å²) in [6.07, 6.45) is 1.04. The molecule has 6 nitrogen and oxygen atoms in total. The van der Waals surface area contributed by atoms with Crippen LogP contribution in [-0.4, -0.2) is 60.7 Å². The molecule has 1 aromatic carbocycles. The van der Waals surface area contributed by atoms with Gasteiger partial charge in [0.05, 0.1) is 25.7 Å². The number of amides is 1. The van der Waals surface area contributed by atoms with Gasteiger partial charge in [0.1, 0.15) is 0 Å². The number of rotatable bonds is 6. The highest BCUT2D eigenvalue weighted by Gasteiger charge is 2.31. The minimum Gasteiger partial charge on any atom is -0.392 e.